The topological polar surface area (TPSA) is 71.5 Å². The smallest absolute Gasteiger partial charge is 0.278 e. The summed E-state index contributed by atoms with van der Waals surface area (Å²) in [6.07, 6.45) is 3.23. The van der Waals surface area contributed by atoms with E-state index in [-0.39, 0.29) is 22.8 Å². The molecule has 4 rings (SSSR count). The van der Waals surface area contributed by atoms with Gasteiger partial charge in [0.1, 0.15) is 11.4 Å². The Bertz CT molecular complexity index is 1210. The quantitative estimate of drug-likeness (QED) is 0.484. The van der Waals surface area contributed by atoms with Gasteiger partial charge in [0.2, 0.25) is 0 Å². The number of hydrogen-bond donors (Lipinski definition) is 1. The first-order chi connectivity index (χ1) is 15.5. The van der Waals surface area contributed by atoms with Gasteiger partial charge in [-0.1, -0.05) is 41.4 Å². The number of nitrogens with zero attached hydrogens (tertiary/aromatic N) is 2. The van der Waals surface area contributed by atoms with Crippen LogP contribution in [0.5, 0.6) is 5.75 Å². The van der Waals surface area contributed by atoms with Gasteiger partial charge >= 0.3 is 0 Å². The van der Waals surface area contributed by atoms with Crippen molar-refractivity contribution >= 4 is 46.3 Å². The second-order valence-corrected chi connectivity index (χ2v) is 7.82. The van der Waals surface area contributed by atoms with Crippen molar-refractivity contribution in [2.24, 2.45) is 0 Å². The number of carbonyl (C=O) groups is 2. The first kappa shape index (κ1) is 21.9. The molecule has 8 heteroatoms. The Morgan fingerprint density at radius 2 is 1.75 bits per heavy atom. The van der Waals surface area contributed by atoms with E-state index in [4.69, 9.17) is 27.9 Å². The monoisotopic (exact) mass is 467 g/mol. The molecule has 0 unspecified atom stereocenters. The normalized spacial score (nSPS) is 13.7. The van der Waals surface area contributed by atoms with Crippen molar-refractivity contribution in [3.63, 3.8) is 0 Å². The number of aromatic nitrogens is 1. The molecule has 2 aromatic carbocycles. The molecule has 2 heterocycles. The fraction of sp³-hybridized carbons (Fsp3) is 0.125. The molecule has 0 bridgehead atoms. The number of benzene rings is 2. The first-order valence-corrected chi connectivity index (χ1v) is 10.7. The van der Waals surface area contributed by atoms with E-state index >= 15 is 0 Å². The van der Waals surface area contributed by atoms with E-state index in [2.05, 4.69) is 10.3 Å². The zero-order valence-electron chi connectivity index (χ0n) is 17.1. The number of para-hydroxylation sites is 2. The Morgan fingerprint density at radius 3 is 2.47 bits per heavy atom. The van der Waals surface area contributed by atoms with Crippen LogP contribution < -0.4 is 10.1 Å². The van der Waals surface area contributed by atoms with Crippen molar-refractivity contribution in [3.8, 4) is 5.75 Å². The number of ether oxygens (including phenoxy) is 1. The van der Waals surface area contributed by atoms with Gasteiger partial charge in [-0.15, -0.1) is 0 Å². The largest absolute Gasteiger partial charge is 0.492 e. The maximum absolute atomic E-state index is 13.4. The van der Waals surface area contributed by atoms with Crippen LogP contribution in [0.25, 0.3) is 5.57 Å². The lowest BCUT2D eigenvalue weighted by Crippen LogP contribution is -2.32. The summed E-state index contributed by atoms with van der Waals surface area (Å²) in [5.74, 6) is -0.344. The second-order valence-electron chi connectivity index (χ2n) is 6.98. The summed E-state index contributed by atoms with van der Waals surface area (Å²) in [6, 6.07) is 15.5. The molecule has 0 saturated heterocycles. The van der Waals surface area contributed by atoms with Crippen LogP contribution >= 0.6 is 23.2 Å². The summed E-state index contributed by atoms with van der Waals surface area (Å²) in [7, 11) is 0. The standard InChI is InChI=1S/C24H19Cl2N3O3/c1-2-32-20-6-4-3-5-19(20)28-22-21(17-8-7-16(25)13-18(17)26)23(30)29(24(22)31)14-15-9-11-27-12-10-15/h3-13,28H,2,14H2,1H3. The van der Waals surface area contributed by atoms with Crippen LogP contribution in [0.1, 0.15) is 18.1 Å². The van der Waals surface area contributed by atoms with Gasteiger partial charge in [-0.3, -0.25) is 19.5 Å². The van der Waals surface area contributed by atoms with E-state index < -0.39 is 11.8 Å². The van der Waals surface area contributed by atoms with Gasteiger partial charge in [-0.05, 0) is 48.9 Å². The third kappa shape index (κ3) is 4.33. The van der Waals surface area contributed by atoms with Crippen molar-refractivity contribution in [2.45, 2.75) is 13.5 Å². The highest BCUT2D eigenvalue weighted by Gasteiger charge is 2.40. The number of anilines is 1. The van der Waals surface area contributed by atoms with Gasteiger partial charge in [-0.25, -0.2) is 0 Å². The minimum absolute atomic E-state index is 0.104. The number of amides is 2. The predicted octanol–water partition coefficient (Wildman–Crippen LogP) is 5.18. The van der Waals surface area contributed by atoms with Crippen LogP contribution in [-0.4, -0.2) is 28.3 Å². The third-order valence-corrected chi connectivity index (χ3v) is 5.45. The lowest BCUT2D eigenvalue weighted by Gasteiger charge is -2.16. The average molecular weight is 468 g/mol. The van der Waals surface area contributed by atoms with Crippen molar-refractivity contribution in [1.82, 2.24) is 9.88 Å². The highest BCUT2D eigenvalue weighted by molar-refractivity contribution is 6.41. The first-order valence-electron chi connectivity index (χ1n) is 9.93. The molecule has 3 aromatic rings. The molecule has 32 heavy (non-hydrogen) atoms. The Labute approximate surface area is 195 Å². The fourth-order valence-corrected chi connectivity index (χ4v) is 3.94. The van der Waals surface area contributed by atoms with Crippen LogP contribution in [0.3, 0.4) is 0 Å². The molecule has 0 atom stereocenters. The molecule has 0 saturated carbocycles. The Balaban J connectivity index is 1.80. The van der Waals surface area contributed by atoms with Crippen LogP contribution in [0.4, 0.5) is 5.69 Å². The lowest BCUT2D eigenvalue weighted by molar-refractivity contribution is -0.137. The highest BCUT2D eigenvalue weighted by atomic mass is 35.5. The minimum atomic E-state index is -0.459. The van der Waals surface area contributed by atoms with E-state index in [9.17, 15) is 9.59 Å². The van der Waals surface area contributed by atoms with Crippen molar-refractivity contribution in [2.75, 3.05) is 11.9 Å². The Morgan fingerprint density at radius 1 is 1.00 bits per heavy atom. The number of imide groups is 1. The Hall–Kier alpha value is -3.35. The van der Waals surface area contributed by atoms with Gasteiger partial charge in [0, 0.05) is 23.0 Å². The Kier molecular flexibility index (Phi) is 6.44. The number of pyridine rings is 1. The average Bonchev–Trinajstić information content (AvgIpc) is 3.00. The molecule has 162 valence electrons. The SMILES string of the molecule is CCOc1ccccc1NC1=C(c2ccc(Cl)cc2Cl)C(=O)N(Cc2ccncc2)C1=O. The van der Waals surface area contributed by atoms with E-state index in [0.29, 0.717) is 28.6 Å². The molecular formula is C24H19Cl2N3O3. The zero-order chi connectivity index (χ0) is 22.7. The van der Waals surface area contributed by atoms with Crippen molar-refractivity contribution in [1.29, 1.82) is 0 Å². The molecule has 1 N–H and O–H groups in total. The van der Waals surface area contributed by atoms with Crippen molar-refractivity contribution < 1.29 is 14.3 Å². The maximum atomic E-state index is 13.4. The van der Waals surface area contributed by atoms with Gasteiger partial charge in [-0.2, -0.15) is 0 Å². The van der Waals surface area contributed by atoms with Crippen molar-refractivity contribution in [3.05, 3.63) is 93.9 Å². The molecule has 2 amide bonds. The fourth-order valence-electron chi connectivity index (χ4n) is 3.43. The molecule has 0 spiro atoms. The van der Waals surface area contributed by atoms with Crippen LogP contribution in [-0.2, 0) is 16.1 Å². The van der Waals surface area contributed by atoms with E-state index in [1.165, 1.54) is 4.90 Å². The van der Waals surface area contributed by atoms with Crippen LogP contribution in [0.15, 0.2) is 72.7 Å². The number of hydrogen-bond acceptors (Lipinski definition) is 5. The maximum Gasteiger partial charge on any atom is 0.278 e. The van der Waals surface area contributed by atoms with Gasteiger partial charge in [0.25, 0.3) is 11.8 Å². The molecular weight excluding hydrogens is 449 g/mol. The molecule has 1 aliphatic rings. The summed E-state index contributed by atoms with van der Waals surface area (Å²) in [6.45, 7) is 2.43. The summed E-state index contributed by atoms with van der Waals surface area (Å²) >= 11 is 12.5. The van der Waals surface area contributed by atoms with Crippen LogP contribution in [0, 0.1) is 0 Å². The predicted molar refractivity (Wildman–Crippen MR) is 124 cm³/mol. The van der Waals surface area contributed by atoms with Crippen LogP contribution in [0.2, 0.25) is 10.0 Å². The summed E-state index contributed by atoms with van der Waals surface area (Å²) in [5.41, 5.74) is 2.07. The second kappa shape index (κ2) is 9.42. The minimum Gasteiger partial charge on any atom is -0.492 e. The number of nitrogens with one attached hydrogen (secondary N) is 1. The number of carbonyl (C=O) groups excluding carboxylic acids is 2. The highest BCUT2D eigenvalue weighted by Crippen LogP contribution is 2.37. The molecule has 0 radical (unpaired) electrons. The summed E-state index contributed by atoms with van der Waals surface area (Å²) < 4.78 is 5.67. The van der Waals surface area contributed by atoms with Gasteiger partial charge < -0.3 is 10.1 Å². The molecule has 6 nitrogen and oxygen atoms in total. The molecule has 0 fully saturated rings. The lowest BCUT2D eigenvalue weighted by atomic mass is 10.0. The summed E-state index contributed by atoms with van der Waals surface area (Å²) in [4.78, 5) is 32.0. The van der Waals surface area contributed by atoms with Gasteiger partial charge in [0.15, 0.2) is 0 Å². The zero-order valence-corrected chi connectivity index (χ0v) is 18.7. The third-order valence-electron chi connectivity index (χ3n) is 4.91. The summed E-state index contributed by atoms with van der Waals surface area (Å²) in [5, 5.41) is 3.83. The van der Waals surface area contributed by atoms with Gasteiger partial charge in [0.05, 0.1) is 29.4 Å². The number of halogens is 2. The van der Waals surface area contributed by atoms with E-state index in [1.54, 1.807) is 54.9 Å². The van der Waals surface area contributed by atoms with E-state index in [0.717, 1.165) is 5.56 Å². The number of rotatable bonds is 7. The molecule has 0 aliphatic carbocycles. The van der Waals surface area contributed by atoms with E-state index in [1.807, 2.05) is 19.1 Å². The molecule has 1 aliphatic heterocycles. The molecule has 1 aromatic heterocycles.